The Bertz CT molecular complexity index is 1640. The second-order valence-corrected chi connectivity index (χ2v) is 14.1. The Morgan fingerprint density at radius 3 is 2.44 bits per heavy atom. The van der Waals surface area contributed by atoms with E-state index in [0.29, 0.717) is 38.0 Å². The molecule has 3 fully saturated rings. The number of imide groups is 1. The quantitative estimate of drug-likeness (QED) is 0.227. The van der Waals surface area contributed by atoms with Crippen LogP contribution in [0.2, 0.25) is 0 Å². The molecule has 48 heavy (non-hydrogen) atoms. The lowest BCUT2D eigenvalue weighted by molar-refractivity contribution is -0.134. The van der Waals surface area contributed by atoms with Crippen LogP contribution in [0.25, 0.3) is 10.9 Å². The van der Waals surface area contributed by atoms with Crippen LogP contribution in [0, 0.1) is 0 Å². The molecule has 2 amide bonds. The van der Waals surface area contributed by atoms with Crippen molar-refractivity contribution in [1.82, 2.24) is 34.3 Å². The van der Waals surface area contributed by atoms with Gasteiger partial charge < -0.3 is 15.0 Å². The lowest BCUT2D eigenvalue weighted by Crippen LogP contribution is -2.46. The topological polar surface area (TPSA) is 135 Å². The smallest absolute Gasteiger partial charge is 0.387 e. The Hall–Kier alpha value is -3.70. The molecule has 0 bridgehead atoms. The summed E-state index contributed by atoms with van der Waals surface area (Å²) in [6, 6.07) is 5.98. The number of benzene rings is 1. The summed E-state index contributed by atoms with van der Waals surface area (Å²) in [6.45, 7) is -1.14. The van der Waals surface area contributed by atoms with Gasteiger partial charge in [-0.15, -0.1) is 0 Å². The number of nitrogens with zero attached hydrogens (tertiary/aromatic N) is 6. The van der Waals surface area contributed by atoms with E-state index in [2.05, 4.69) is 36.5 Å². The van der Waals surface area contributed by atoms with Crippen molar-refractivity contribution < 1.29 is 36.1 Å². The predicted molar refractivity (Wildman–Crippen MR) is 169 cm³/mol. The van der Waals surface area contributed by atoms with Gasteiger partial charge in [-0.05, 0) is 62.7 Å². The maximum absolute atomic E-state index is 15.1. The van der Waals surface area contributed by atoms with Crippen molar-refractivity contribution in [1.29, 1.82) is 0 Å². The third kappa shape index (κ3) is 7.78. The molecular formula is C31H38F4N8O4S. The van der Waals surface area contributed by atoms with Gasteiger partial charge in [-0.1, -0.05) is 12.1 Å². The predicted octanol–water partition coefficient (Wildman–Crippen LogP) is 3.89. The molecule has 6 rings (SSSR count). The van der Waals surface area contributed by atoms with Gasteiger partial charge in [0.15, 0.2) is 16.7 Å². The van der Waals surface area contributed by atoms with Crippen LogP contribution in [0.4, 0.5) is 23.5 Å². The van der Waals surface area contributed by atoms with Gasteiger partial charge in [-0.2, -0.15) is 22.7 Å². The van der Waals surface area contributed by atoms with Gasteiger partial charge in [0.1, 0.15) is 0 Å². The number of fused-ring (bicyclic) bond motifs is 1. The molecule has 3 aliphatic rings. The highest BCUT2D eigenvalue weighted by molar-refractivity contribution is 7.83. The van der Waals surface area contributed by atoms with Crippen LogP contribution in [0.1, 0.15) is 68.0 Å². The second-order valence-electron chi connectivity index (χ2n) is 12.5. The molecule has 2 aromatic heterocycles. The van der Waals surface area contributed by atoms with E-state index in [1.165, 1.54) is 4.31 Å². The number of hydrogen-bond acceptors (Lipinski definition) is 9. The molecule has 3 aliphatic heterocycles. The van der Waals surface area contributed by atoms with Crippen molar-refractivity contribution in [2.75, 3.05) is 38.0 Å². The first kappa shape index (κ1) is 34.2. The first-order valence-electron chi connectivity index (χ1n) is 16.1. The molecule has 260 valence electrons. The van der Waals surface area contributed by atoms with Crippen molar-refractivity contribution in [2.24, 2.45) is 7.05 Å². The Morgan fingerprint density at radius 2 is 1.77 bits per heavy atom. The van der Waals surface area contributed by atoms with E-state index in [1.807, 2.05) is 24.1 Å². The Labute approximate surface area is 277 Å². The van der Waals surface area contributed by atoms with E-state index < -0.39 is 35.2 Å². The summed E-state index contributed by atoms with van der Waals surface area (Å²) < 4.78 is 75.0. The van der Waals surface area contributed by atoms with Crippen LogP contribution in [-0.2, 0) is 27.6 Å². The number of carbonyl (C=O) groups is 2. The molecule has 12 nitrogen and oxygen atoms in total. The first-order chi connectivity index (χ1) is 23.0. The minimum atomic E-state index is -3.37. The highest BCUT2D eigenvalue weighted by Crippen LogP contribution is 2.35. The number of rotatable bonds is 11. The summed E-state index contributed by atoms with van der Waals surface area (Å²) >= 11 is 0. The highest BCUT2D eigenvalue weighted by Gasteiger charge is 2.42. The van der Waals surface area contributed by atoms with Crippen LogP contribution < -0.4 is 15.4 Å². The zero-order valence-electron chi connectivity index (χ0n) is 26.4. The van der Waals surface area contributed by atoms with E-state index >= 15 is 8.78 Å². The minimum absolute atomic E-state index is 0.138. The number of aromatic nitrogens is 4. The van der Waals surface area contributed by atoms with E-state index in [9.17, 15) is 22.6 Å². The molecule has 2 N–H and O–H groups in total. The molecule has 17 heteroatoms. The van der Waals surface area contributed by atoms with Gasteiger partial charge in [0, 0.05) is 51.0 Å². The number of nitrogens with one attached hydrogen (secondary N) is 2. The molecule has 5 heterocycles. The molecule has 1 aromatic carbocycles. The van der Waals surface area contributed by atoms with Gasteiger partial charge in [-0.25, -0.2) is 18.5 Å². The third-order valence-electron chi connectivity index (χ3n) is 9.38. The molecule has 2 unspecified atom stereocenters. The van der Waals surface area contributed by atoms with Crippen LogP contribution in [0.15, 0.2) is 30.6 Å². The van der Waals surface area contributed by atoms with E-state index in [-0.39, 0.29) is 61.5 Å². The minimum Gasteiger partial charge on any atom is -0.432 e. The first-order valence-corrected chi connectivity index (χ1v) is 17.2. The zero-order valence-corrected chi connectivity index (χ0v) is 27.2. The van der Waals surface area contributed by atoms with Gasteiger partial charge in [0.2, 0.25) is 17.8 Å². The number of likely N-dealkylation sites (tertiary alicyclic amines) is 1. The van der Waals surface area contributed by atoms with E-state index in [4.69, 9.17) is 0 Å². The van der Waals surface area contributed by atoms with Crippen molar-refractivity contribution in [2.45, 2.75) is 74.7 Å². The Morgan fingerprint density at radius 1 is 1.06 bits per heavy atom. The van der Waals surface area contributed by atoms with Crippen molar-refractivity contribution >= 4 is 39.7 Å². The normalized spacial score (nSPS) is 21.5. The fourth-order valence-electron chi connectivity index (χ4n) is 6.73. The number of alkyl halides is 4. The van der Waals surface area contributed by atoms with Crippen LogP contribution >= 0.6 is 0 Å². The number of hydrogen-bond donors (Lipinski definition) is 2. The highest BCUT2D eigenvalue weighted by atomic mass is 32.2. The van der Waals surface area contributed by atoms with Gasteiger partial charge in [-0.3, -0.25) is 19.6 Å². The van der Waals surface area contributed by atoms with Crippen LogP contribution in [0.5, 0.6) is 5.75 Å². The molecule has 0 spiro atoms. The number of piperidine rings is 3. The van der Waals surface area contributed by atoms with E-state index in [1.54, 1.807) is 4.68 Å². The number of ether oxygens (including phenoxy) is 1. The Kier molecular flexibility index (Phi) is 10.3. The summed E-state index contributed by atoms with van der Waals surface area (Å²) in [5, 5.41) is 7.59. The fraction of sp³-hybridized carbons (Fsp3) is 0.581. The summed E-state index contributed by atoms with van der Waals surface area (Å²) in [7, 11) is -0.637. The summed E-state index contributed by atoms with van der Waals surface area (Å²) in [6.07, 6.45) is 4.92. The Balaban J connectivity index is 0.958. The standard InChI is InChI=1S/C31H38F4N8O4S/c1-41-25-16-20(2-3-23(25)27(40-41)24-4-5-26(44)39-28(24)45)19-6-11-42(12-7-19)15-10-31(34,35)48(46)43-13-8-21(9-14-43)38-30-36-17-22(18-37-30)47-29(32)33/h2-3,16-19,21,24,29H,4-15H2,1H3,(H,36,37,38)(H,39,44,45). The summed E-state index contributed by atoms with van der Waals surface area (Å²) in [5.74, 6) is -0.768. The fourth-order valence-corrected chi connectivity index (χ4v) is 7.91. The number of amides is 2. The van der Waals surface area contributed by atoms with Crippen molar-refractivity contribution in [3.8, 4) is 5.75 Å². The van der Waals surface area contributed by atoms with Crippen LogP contribution in [0.3, 0.4) is 0 Å². The average Bonchev–Trinajstić information content (AvgIpc) is 3.40. The van der Waals surface area contributed by atoms with Gasteiger partial charge >= 0.3 is 11.9 Å². The third-order valence-corrected chi connectivity index (χ3v) is 10.9. The van der Waals surface area contributed by atoms with Crippen molar-refractivity contribution in [3.05, 3.63) is 41.9 Å². The molecule has 2 atom stereocenters. The maximum Gasteiger partial charge on any atom is 0.387 e. The average molecular weight is 695 g/mol. The van der Waals surface area contributed by atoms with Gasteiger partial charge in [0.25, 0.3) is 0 Å². The molecule has 0 saturated carbocycles. The number of halogens is 4. The number of aryl methyl sites for hydroxylation is 1. The molecule has 3 aromatic rings. The molecule has 0 aliphatic carbocycles. The monoisotopic (exact) mass is 694 g/mol. The lowest BCUT2D eigenvalue weighted by atomic mass is 9.88. The maximum atomic E-state index is 15.1. The van der Waals surface area contributed by atoms with E-state index in [0.717, 1.165) is 41.7 Å². The SMILES string of the molecule is Cn1nc(C2CCC(=O)NC2=O)c2ccc(C3CCN(CCC(F)(F)S(=O)N4CCC(Nc5ncc(OC(F)F)cn5)CC4)CC3)cc21. The van der Waals surface area contributed by atoms with Crippen LogP contribution in [-0.4, -0.2) is 95.6 Å². The summed E-state index contributed by atoms with van der Waals surface area (Å²) in [5.41, 5.74) is 2.70. The van der Waals surface area contributed by atoms with Gasteiger partial charge in [0.05, 0.1) is 29.5 Å². The number of carbonyl (C=O) groups excluding carboxylic acids is 2. The van der Waals surface area contributed by atoms with Crippen molar-refractivity contribution in [3.63, 3.8) is 0 Å². The second kappa shape index (κ2) is 14.4. The largest absolute Gasteiger partial charge is 0.432 e. The molecule has 3 saturated heterocycles. The zero-order chi connectivity index (χ0) is 34.0. The summed E-state index contributed by atoms with van der Waals surface area (Å²) in [4.78, 5) is 33.9. The molecule has 0 radical (unpaired) electrons. The lowest BCUT2D eigenvalue weighted by Gasteiger charge is -2.35. The molecular weight excluding hydrogens is 656 g/mol. The number of anilines is 1.